The van der Waals surface area contributed by atoms with Crippen molar-refractivity contribution in [1.82, 2.24) is 10.2 Å². The minimum Gasteiger partial charge on any atom is -0.330 e. The zero-order valence-electron chi connectivity index (χ0n) is 12.5. The minimum atomic E-state index is -0.152. The number of anilines is 1. The van der Waals surface area contributed by atoms with Crippen molar-refractivity contribution < 1.29 is 4.79 Å². The van der Waals surface area contributed by atoms with E-state index in [1.54, 1.807) is 6.20 Å². The van der Waals surface area contributed by atoms with Crippen LogP contribution in [-0.2, 0) is 4.79 Å². The summed E-state index contributed by atoms with van der Waals surface area (Å²) in [6.07, 6.45) is 2.50. The van der Waals surface area contributed by atoms with Crippen molar-refractivity contribution in [3.8, 4) is 11.3 Å². The van der Waals surface area contributed by atoms with E-state index in [0.29, 0.717) is 12.5 Å². The van der Waals surface area contributed by atoms with Gasteiger partial charge in [-0.1, -0.05) is 26.0 Å². The Bertz CT molecular complexity index is 578. The molecular formula is C16H22N4O. The van der Waals surface area contributed by atoms with E-state index in [1.807, 2.05) is 30.3 Å². The molecule has 0 aliphatic heterocycles. The van der Waals surface area contributed by atoms with Gasteiger partial charge in [-0.3, -0.25) is 9.89 Å². The molecule has 0 saturated heterocycles. The Labute approximate surface area is 124 Å². The maximum atomic E-state index is 12.3. The number of aromatic amines is 1. The van der Waals surface area contributed by atoms with Crippen LogP contribution in [0.5, 0.6) is 0 Å². The summed E-state index contributed by atoms with van der Waals surface area (Å²) in [5, 5.41) is 9.79. The largest absolute Gasteiger partial charge is 0.330 e. The van der Waals surface area contributed by atoms with Crippen LogP contribution in [-0.4, -0.2) is 22.6 Å². The second-order valence-electron chi connectivity index (χ2n) is 5.60. The van der Waals surface area contributed by atoms with Gasteiger partial charge in [0.25, 0.3) is 0 Å². The molecule has 1 amide bonds. The van der Waals surface area contributed by atoms with Crippen molar-refractivity contribution in [3.63, 3.8) is 0 Å². The van der Waals surface area contributed by atoms with Crippen LogP contribution < -0.4 is 11.1 Å². The summed E-state index contributed by atoms with van der Waals surface area (Å²) in [5.74, 6) is 0.273. The lowest BCUT2D eigenvalue weighted by Crippen LogP contribution is -2.30. The number of carbonyl (C=O) groups excluding carboxylic acids is 1. The summed E-state index contributed by atoms with van der Waals surface area (Å²) in [7, 11) is 0. The lowest BCUT2D eigenvalue weighted by molar-refractivity contribution is -0.120. The molecule has 2 rings (SSSR count). The number of rotatable bonds is 6. The average molecular weight is 286 g/mol. The summed E-state index contributed by atoms with van der Waals surface area (Å²) in [5.41, 5.74) is 8.39. The van der Waals surface area contributed by atoms with E-state index >= 15 is 0 Å². The molecule has 5 heteroatoms. The van der Waals surface area contributed by atoms with Gasteiger partial charge in [-0.05, 0) is 30.5 Å². The molecule has 1 aromatic carbocycles. The van der Waals surface area contributed by atoms with Gasteiger partial charge in [-0.25, -0.2) is 0 Å². The summed E-state index contributed by atoms with van der Waals surface area (Å²) in [6.45, 7) is 4.55. The number of carbonyl (C=O) groups is 1. The third-order valence-electron chi connectivity index (χ3n) is 3.35. The van der Waals surface area contributed by atoms with Gasteiger partial charge in [0.1, 0.15) is 0 Å². The maximum Gasteiger partial charge on any atom is 0.228 e. The molecule has 21 heavy (non-hydrogen) atoms. The number of hydrogen-bond donors (Lipinski definition) is 3. The highest BCUT2D eigenvalue weighted by atomic mass is 16.1. The van der Waals surface area contributed by atoms with Gasteiger partial charge in [0.05, 0.1) is 11.6 Å². The fraction of sp³-hybridized carbons (Fsp3) is 0.375. The van der Waals surface area contributed by atoms with E-state index in [1.165, 1.54) is 0 Å². The Morgan fingerprint density at radius 3 is 2.81 bits per heavy atom. The molecule has 0 bridgehead atoms. The number of amides is 1. The fourth-order valence-corrected chi connectivity index (χ4v) is 2.30. The molecule has 1 unspecified atom stereocenters. The van der Waals surface area contributed by atoms with Gasteiger partial charge in [0.15, 0.2) is 0 Å². The molecular weight excluding hydrogens is 264 g/mol. The second-order valence-corrected chi connectivity index (χ2v) is 5.60. The first-order valence-electron chi connectivity index (χ1n) is 7.21. The van der Waals surface area contributed by atoms with E-state index in [-0.39, 0.29) is 11.8 Å². The van der Waals surface area contributed by atoms with Crippen LogP contribution >= 0.6 is 0 Å². The van der Waals surface area contributed by atoms with Gasteiger partial charge in [-0.15, -0.1) is 0 Å². The number of benzene rings is 1. The molecule has 1 aromatic heterocycles. The molecule has 0 fully saturated rings. The van der Waals surface area contributed by atoms with Crippen LogP contribution in [0.3, 0.4) is 0 Å². The highest BCUT2D eigenvalue weighted by Crippen LogP contribution is 2.21. The summed E-state index contributed by atoms with van der Waals surface area (Å²) < 4.78 is 0. The topological polar surface area (TPSA) is 83.8 Å². The Kier molecular flexibility index (Phi) is 5.11. The van der Waals surface area contributed by atoms with E-state index in [4.69, 9.17) is 5.73 Å². The molecule has 1 atom stereocenters. The smallest absolute Gasteiger partial charge is 0.228 e. The van der Waals surface area contributed by atoms with Crippen LogP contribution in [0.25, 0.3) is 11.3 Å². The first-order valence-corrected chi connectivity index (χ1v) is 7.21. The van der Waals surface area contributed by atoms with Gasteiger partial charge < -0.3 is 11.1 Å². The number of nitrogens with one attached hydrogen (secondary N) is 2. The average Bonchev–Trinajstić information content (AvgIpc) is 2.99. The van der Waals surface area contributed by atoms with Crippen molar-refractivity contribution in [2.24, 2.45) is 17.6 Å². The van der Waals surface area contributed by atoms with Crippen molar-refractivity contribution in [1.29, 1.82) is 0 Å². The second kappa shape index (κ2) is 7.04. The Morgan fingerprint density at radius 2 is 2.19 bits per heavy atom. The minimum absolute atomic E-state index is 0.0204. The van der Waals surface area contributed by atoms with Crippen LogP contribution in [0.1, 0.15) is 20.3 Å². The van der Waals surface area contributed by atoms with E-state index < -0.39 is 0 Å². The summed E-state index contributed by atoms with van der Waals surface area (Å²) in [6, 6.07) is 9.57. The van der Waals surface area contributed by atoms with E-state index in [0.717, 1.165) is 23.4 Å². The van der Waals surface area contributed by atoms with Crippen LogP contribution in [0.2, 0.25) is 0 Å². The normalized spacial score (nSPS) is 12.4. The molecule has 1 heterocycles. The molecule has 0 radical (unpaired) electrons. The lowest BCUT2D eigenvalue weighted by atomic mass is 9.96. The van der Waals surface area contributed by atoms with Crippen molar-refractivity contribution in [3.05, 3.63) is 36.5 Å². The Morgan fingerprint density at radius 1 is 1.38 bits per heavy atom. The highest BCUT2D eigenvalue weighted by molar-refractivity contribution is 5.93. The van der Waals surface area contributed by atoms with Crippen molar-refractivity contribution >= 4 is 11.6 Å². The summed E-state index contributed by atoms with van der Waals surface area (Å²) in [4.78, 5) is 12.3. The van der Waals surface area contributed by atoms with E-state index in [2.05, 4.69) is 29.4 Å². The monoisotopic (exact) mass is 286 g/mol. The predicted octanol–water partition coefficient (Wildman–Crippen LogP) is 2.64. The van der Waals surface area contributed by atoms with Gasteiger partial charge in [-0.2, -0.15) is 5.10 Å². The van der Waals surface area contributed by atoms with Gasteiger partial charge in [0.2, 0.25) is 5.91 Å². The molecule has 0 saturated carbocycles. The van der Waals surface area contributed by atoms with Crippen LogP contribution in [0.4, 0.5) is 5.69 Å². The Balaban J connectivity index is 2.09. The van der Waals surface area contributed by atoms with Gasteiger partial charge >= 0.3 is 0 Å². The number of nitrogens with two attached hydrogens (primary N) is 1. The molecule has 5 nitrogen and oxygen atoms in total. The standard InChI is InChI=1S/C16H22N4O/c1-11(2)8-13(10-17)16(21)19-14-5-3-4-12(9-14)15-6-7-18-20-15/h3-7,9,11,13H,8,10,17H2,1-2H3,(H,18,20)(H,19,21). The molecule has 0 spiro atoms. The predicted molar refractivity (Wildman–Crippen MR) is 84.7 cm³/mol. The lowest BCUT2D eigenvalue weighted by Gasteiger charge is -2.17. The van der Waals surface area contributed by atoms with E-state index in [9.17, 15) is 4.79 Å². The quantitative estimate of drug-likeness (QED) is 0.763. The van der Waals surface area contributed by atoms with Crippen molar-refractivity contribution in [2.75, 3.05) is 11.9 Å². The zero-order chi connectivity index (χ0) is 15.2. The first kappa shape index (κ1) is 15.3. The summed E-state index contributed by atoms with van der Waals surface area (Å²) >= 11 is 0. The van der Waals surface area contributed by atoms with Crippen LogP contribution in [0, 0.1) is 11.8 Å². The number of aromatic nitrogens is 2. The van der Waals surface area contributed by atoms with Gasteiger partial charge in [0, 0.05) is 24.0 Å². The zero-order valence-corrected chi connectivity index (χ0v) is 12.5. The highest BCUT2D eigenvalue weighted by Gasteiger charge is 2.18. The molecule has 0 aliphatic carbocycles. The first-order chi connectivity index (χ1) is 10.1. The fourth-order valence-electron chi connectivity index (χ4n) is 2.30. The molecule has 112 valence electrons. The maximum absolute atomic E-state index is 12.3. The molecule has 2 aromatic rings. The molecule has 4 N–H and O–H groups in total. The Hall–Kier alpha value is -2.14. The third kappa shape index (κ3) is 4.16. The number of H-pyrrole nitrogens is 1. The third-order valence-corrected chi connectivity index (χ3v) is 3.35. The number of hydrogen-bond acceptors (Lipinski definition) is 3. The van der Waals surface area contributed by atoms with Crippen molar-refractivity contribution in [2.45, 2.75) is 20.3 Å². The van der Waals surface area contributed by atoms with Crippen LogP contribution in [0.15, 0.2) is 36.5 Å². The SMILES string of the molecule is CC(C)CC(CN)C(=O)Nc1cccc(-c2ccn[nH]2)c1. The molecule has 0 aliphatic rings. The number of nitrogens with zero attached hydrogens (tertiary/aromatic N) is 1.